The Balaban J connectivity index is 1.19. The Kier molecular flexibility index (Phi) is 5.73. The summed E-state index contributed by atoms with van der Waals surface area (Å²) in [5, 5.41) is 0. The first-order valence-corrected chi connectivity index (χ1v) is 10.1. The van der Waals surface area contributed by atoms with Gasteiger partial charge in [-0.25, -0.2) is 0 Å². The maximum atomic E-state index is 11.3. The molecular weight excluding hydrogens is 336 g/mol. The number of benzene rings is 2. The Bertz CT molecular complexity index is 737. The van der Waals surface area contributed by atoms with Crippen molar-refractivity contribution >= 4 is 11.7 Å². The van der Waals surface area contributed by atoms with Crippen molar-refractivity contribution in [1.82, 2.24) is 4.90 Å². The second-order valence-corrected chi connectivity index (χ2v) is 7.53. The molecule has 2 aliphatic heterocycles. The average Bonchev–Trinajstić information content (AvgIpc) is 3.16. The summed E-state index contributed by atoms with van der Waals surface area (Å²) in [6, 6.07) is 19.3. The van der Waals surface area contributed by atoms with Crippen LogP contribution < -0.4 is 4.90 Å². The van der Waals surface area contributed by atoms with Crippen molar-refractivity contribution < 1.29 is 9.53 Å². The van der Waals surface area contributed by atoms with Gasteiger partial charge >= 0.3 is 5.97 Å². The third-order valence-electron chi connectivity index (χ3n) is 5.67. The highest BCUT2D eigenvalue weighted by Crippen LogP contribution is 2.29. The fourth-order valence-electron chi connectivity index (χ4n) is 4.03. The van der Waals surface area contributed by atoms with Crippen LogP contribution in [0.4, 0.5) is 5.69 Å². The molecule has 27 heavy (non-hydrogen) atoms. The van der Waals surface area contributed by atoms with Crippen LogP contribution in [0, 0.1) is 0 Å². The van der Waals surface area contributed by atoms with Gasteiger partial charge in [-0.3, -0.25) is 9.69 Å². The van der Waals surface area contributed by atoms with Gasteiger partial charge in [0, 0.05) is 38.3 Å². The fourth-order valence-corrected chi connectivity index (χ4v) is 4.03. The van der Waals surface area contributed by atoms with Crippen LogP contribution in [0.3, 0.4) is 0 Å². The molecule has 2 heterocycles. The number of piperazine rings is 1. The van der Waals surface area contributed by atoms with Crippen molar-refractivity contribution in [2.24, 2.45) is 0 Å². The third kappa shape index (κ3) is 4.69. The first-order chi connectivity index (χ1) is 13.3. The SMILES string of the molecule is O=C1CCC(c2ccc(CCCN3CCN(c4ccccc4)CC3)cc2)O1. The van der Waals surface area contributed by atoms with E-state index in [-0.39, 0.29) is 12.1 Å². The lowest BCUT2D eigenvalue weighted by Gasteiger charge is -2.36. The summed E-state index contributed by atoms with van der Waals surface area (Å²) in [7, 11) is 0. The van der Waals surface area contributed by atoms with Crippen LogP contribution in [-0.2, 0) is 16.0 Å². The van der Waals surface area contributed by atoms with Crippen LogP contribution in [0.1, 0.15) is 36.5 Å². The molecule has 2 aliphatic rings. The number of para-hydroxylation sites is 1. The van der Waals surface area contributed by atoms with Gasteiger partial charge in [0.15, 0.2) is 0 Å². The highest BCUT2D eigenvalue weighted by Gasteiger charge is 2.24. The lowest BCUT2D eigenvalue weighted by Crippen LogP contribution is -2.46. The first-order valence-electron chi connectivity index (χ1n) is 10.1. The maximum Gasteiger partial charge on any atom is 0.306 e. The molecule has 1 unspecified atom stereocenters. The number of anilines is 1. The molecule has 4 heteroatoms. The van der Waals surface area contributed by atoms with Gasteiger partial charge in [0.25, 0.3) is 0 Å². The number of carbonyl (C=O) groups excluding carboxylic acids is 1. The van der Waals surface area contributed by atoms with E-state index in [1.54, 1.807) is 0 Å². The summed E-state index contributed by atoms with van der Waals surface area (Å²) < 4.78 is 5.34. The van der Waals surface area contributed by atoms with Crippen LogP contribution in [0.15, 0.2) is 54.6 Å². The zero-order chi connectivity index (χ0) is 18.5. The molecule has 2 aromatic rings. The molecule has 2 saturated heterocycles. The van der Waals surface area contributed by atoms with Crippen LogP contribution in [0.5, 0.6) is 0 Å². The Morgan fingerprint density at radius 2 is 1.67 bits per heavy atom. The predicted octanol–water partition coefficient (Wildman–Crippen LogP) is 3.82. The quantitative estimate of drug-likeness (QED) is 0.730. The Morgan fingerprint density at radius 1 is 0.926 bits per heavy atom. The van der Waals surface area contributed by atoms with Crippen molar-refractivity contribution in [3.63, 3.8) is 0 Å². The second kappa shape index (κ2) is 8.57. The number of rotatable bonds is 6. The summed E-state index contributed by atoms with van der Waals surface area (Å²) in [5.74, 6) is -0.0727. The minimum Gasteiger partial charge on any atom is -0.457 e. The van der Waals surface area contributed by atoms with Crippen molar-refractivity contribution in [2.75, 3.05) is 37.6 Å². The van der Waals surface area contributed by atoms with Gasteiger partial charge < -0.3 is 9.64 Å². The van der Waals surface area contributed by atoms with E-state index in [4.69, 9.17) is 4.74 Å². The number of hydrogen-bond donors (Lipinski definition) is 0. The van der Waals surface area contributed by atoms with Crippen molar-refractivity contribution in [3.05, 3.63) is 65.7 Å². The molecule has 0 bridgehead atoms. The van der Waals surface area contributed by atoms with E-state index in [9.17, 15) is 4.79 Å². The van der Waals surface area contributed by atoms with Gasteiger partial charge in [-0.15, -0.1) is 0 Å². The second-order valence-electron chi connectivity index (χ2n) is 7.53. The van der Waals surface area contributed by atoms with Gasteiger partial charge in [0.1, 0.15) is 6.10 Å². The molecule has 0 N–H and O–H groups in total. The first kappa shape index (κ1) is 18.1. The van der Waals surface area contributed by atoms with E-state index in [0.717, 1.165) is 51.1 Å². The topological polar surface area (TPSA) is 32.8 Å². The number of carbonyl (C=O) groups is 1. The van der Waals surface area contributed by atoms with Crippen molar-refractivity contribution in [2.45, 2.75) is 31.8 Å². The van der Waals surface area contributed by atoms with E-state index < -0.39 is 0 Å². The normalized spacial score (nSPS) is 20.7. The molecule has 0 saturated carbocycles. The van der Waals surface area contributed by atoms with E-state index in [0.29, 0.717) is 6.42 Å². The molecule has 0 aromatic heterocycles. The van der Waals surface area contributed by atoms with E-state index in [1.807, 2.05) is 0 Å². The molecule has 142 valence electrons. The van der Waals surface area contributed by atoms with Gasteiger partial charge in [-0.2, -0.15) is 0 Å². The standard InChI is InChI=1S/C23H28N2O2/c26-23-13-12-22(27-23)20-10-8-19(9-11-20)5-4-14-24-15-17-25(18-16-24)21-6-2-1-3-7-21/h1-3,6-11,22H,4-5,12-18H2. The van der Waals surface area contributed by atoms with Crippen LogP contribution in [-0.4, -0.2) is 43.6 Å². The number of cyclic esters (lactones) is 1. The lowest BCUT2D eigenvalue weighted by atomic mass is 10.0. The summed E-state index contributed by atoms with van der Waals surface area (Å²) >= 11 is 0. The highest BCUT2D eigenvalue weighted by molar-refractivity contribution is 5.71. The molecule has 1 atom stereocenters. The molecule has 0 radical (unpaired) electrons. The maximum absolute atomic E-state index is 11.3. The Morgan fingerprint density at radius 3 is 2.33 bits per heavy atom. The molecule has 4 nitrogen and oxygen atoms in total. The summed E-state index contributed by atoms with van der Waals surface area (Å²) in [6.45, 7) is 5.66. The van der Waals surface area contributed by atoms with Crippen LogP contribution in [0.2, 0.25) is 0 Å². The zero-order valence-corrected chi connectivity index (χ0v) is 15.8. The molecule has 0 aliphatic carbocycles. The van der Waals surface area contributed by atoms with E-state index in [2.05, 4.69) is 64.4 Å². The molecule has 2 aromatic carbocycles. The van der Waals surface area contributed by atoms with Gasteiger partial charge in [-0.1, -0.05) is 42.5 Å². The number of esters is 1. The largest absolute Gasteiger partial charge is 0.457 e. The predicted molar refractivity (Wildman–Crippen MR) is 108 cm³/mol. The molecule has 4 rings (SSSR count). The minimum atomic E-state index is -0.0727. The number of nitrogens with zero attached hydrogens (tertiary/aromatic N) is 2. The molecular formula is C23H28N2O2. The van der Waals surface area contributed by atoms with Gasteiger partial charge in [0.05, 0.1) is 0 Å². The lowest BCUT2D eigenvalue weighted by molar-refractivity contribution is -0.141. The monoisotopic (exact) mass is 364 g/mol. The molecule has 2 fully saturated rings. The zero-order valence-electron chi connectivity index (χ0n) is 15.8. The van der Waals surface area contributed by atoms with Crippen LogP contribution >= 0.6 is 0 Å². The minimum absolute atomic E-state index is 0.0348. The molecule has 0 spiro atoms. The summed E-state index contributed by atoms with van der Waals surface area (Å²) in [5.41, 5.74) is 3.83. The van der Waals surface area contributed by atoms with Crippen LogP contribution in [0.25, 0.3) is 0 Å². The van der Waals surface area contributed by atoms with Gasteiger partial charge in [0.2, 0.25) is 0 Å². The van der Waals surface area contributed by atoms with Gasteiger partial charge in [-0.05, 0) is 49.1 Å². The highest BCUT2D eigenvalue weighted by atomic mass is 16.5. The summed E-state index contributed by atoms with van der Waals surface area (Å²) in [6.07, 6.45) is 3.61. The van der Waals surface area contributed by atoms with E-state index >= 15 is 0 Å². The van der Waals surface area contributed by atoms with E-state index in [1.165, 1.54) is 17.7 Å². The third-order valence-corrected chi connectivity index (χ3v) is 5.67. The van der Waals surface area contributed by atoms with Crippen molar-refractivity contribution in [1.29, 1.82) is 0 Å². The summed E-state index contributed by atoms with van der Waals surface area (Å²) in [4.78, 5) is 16.3. The fraction of sp³-hybridized carbons (Fsp3) is 0.435. The average molecular weight is 364 g/mol. The smallest absolute Gasteiger partial charge is 0.306 e. The Labute approximate surface area is 161 Å². The Hall–Kier alpha value is -2.33. The molecule has 0 amide bonds. The van der Waals surface area contributed by atoms with Crippen molar-refractivity contribution in [3.8, 4) is 0 Å². The number of aryl methyl sites for hydroxylation is 1. The number of ether oxygens (including phenoxy) is 1. The number of hydrogen-bond acceptors (Lipinski definition) is 4.